The lowest BCUT2D eigenvalue weighted by Gasteiger charge is -2.24. The molecule has 2 heterocycles. The third kappa shape index (κ3) is 3.19. The van der Waals surface area contributed by atoms with Crippen LogP contribution in [0.3, 0.4) is 0 Å². The molecule has 2 rings (SSSR count). The fourth-order valence-electron chi connectivity index (χ4n) is 1.91. The van der Waals surface area contributed by atoms with Gasteiger partial charge in [-0.25, -0.2) is 4.98 Å². The largest absolute Gasteiger partial charge is 0.397 e. The van der Waals surface area contributed by atoms with Crippen molar-refractivity contribution in [2.24, 2.45) is 0 Å². The molecule has 0 bridgehead atoms. The number of pyridine rings is 1. The summed E-state index contributed by atoms with van der Waals surface area (Å²) >= 11 is 8.21. The van der Waals surface area contributed by atoms with Crippen LogP contribution >= 0.6 is 23.4 Å². The quantitative estimate of drug-likeness (QED) is 0.853. The molecule has 2 N–H and O–H groups in total. The van der Waals surface area contributed by atoms with Crippen LogP contribution in [-0.2, 0) is 0 Å². The first kappa shape index (κ1) is 12.8. The van der Waals surface area contributed by atoms with Crippen LogP contribution in [-0.4, -0.2) is 28.6 Å². The minimum Gasteiger partial charge on any atom is -0.397 e. The Bertz CT molecular complexity index is 409. The number of nitrogen functional groups attached to an aromatic ring is 1. The smallest absolute Gasteiger partial charge is 0.147 e. The molecule has 5 heteroatoms. The van der Waals surface area contributed by atoms with Crippen LogP contribution in [0.2, 0.25) is 5.02 Å². The molecule has 1 fully saturated rings. The second-order valence-corrected chi connectivity index (χ2v) is 7.13. The van der Waals surface area contributed by atoms with Crippen molar-refractivity contribution in [2.75, 3.05) is 29.5 Å². The van der Waals surface area contributed by atoms with E-state index in [9.17, 15) is 0 Å². The van der Waals surface area contributed by atoms with Gasteiger partial charge in [0, 0.05) is 23.6 Å². The van der Waals surface area contributed by atoms with Crippen molar-refractivity contribution in [3.8, 4) is 0 Å². The molecule has 94 valence electrons. The van der Waals surface area contributed by atoms with Crippen molar-refractivity contribution in [1.29, 1.82) is 0 Å². The predicted molar refractivity (Wildman–Crippen MR) is 77.0 cm³/mol. The topological polar surface area (TPSA) is 42.2 Å². The minimum absolute atomic E-state index is 0.342. The molecule has 0 spiro atoms. The fourth-order valence-corrected chi connectivity index (χ4v) is 3.30. The van der Waals surface area contributed by atoms with E-state index in [1.54, 1.807) is 12.3 Å². The average molecular weight is 272 g/mol. The molecule has 0 radical (unpaired) electrons. The molecule has 0 amide bonds. The molecule has 0 saturated carbocycles. The van der Waals surface area contributed by atoms with E-state index < -0.39 is 0 Å². The van der Waals surface area contributed by atoms with Gasteiger partial charge in [0.25, 0.3) is 0 Å². The van der Waals surface area contributed by atoms with Gasteiger partial charge in [0.1, 0.15) is 5.82 Å². The summed E-state index contributed by atoms with van der Waals surface area (Å²) in [6.45, 7) is 6.57. The highest BCUT2D eigenvalue weighted by molar-refractivity contribution is 8.00. The zero-order valence-electron chi connectivity index (χ0n) is 10.2. The second kappa shape index (κ2) is 4.94. The number of hydrogen-bond acceptors (Lipinski definition) is 4. The molecule has 0 atom stereocenters. The van der Waals surface area contributed by atoms with E-state index in [2.05, 4.69) is 23.7 Å². The number of aromatic nitrogens is 1. The van der Waals surface area contributed by atoms with Crippen LogP contribution in [0.5, 0.6) is 0 Å². The predicted octanol–water partition coefficient (Wildman–Crippen LogP) is 3.04. The number of thioether (sulfide) groups is 1. The Morgan fingerprint density at radius 2 is 2.24 bits per heavy atom. The Morgan fingerprint density at radius 3 is 2.94 bits per heavy atom. The van der Waals surface area contributed by atoms with Crippen molar-refractivity contribution in [3.05, 3.63) is 17.3 Å². The van der Waals surface area contributed by atoms with Crippen LogP contribution in [0, 0.1) is 0 Å². The SMILES string of the molecule is CC1(C)CCN(c2ncc(N)cc2Cl)CCS1. The molecule has 1 saturated heterocycles. The first-order chi connectivity index (χ1) is 7.98. The normalized spacial score (nSPS) is 20.1. The molecule has 1 aromatic rings. The molecule has 0 unspecified atom stereocenters. The lowest BCUT2D eigenvalue weighted by atomic mass is 10.1. The summed E-state index contributed by atoms with van der Waals surface area (Å²) in [6, 6.07) is 1.77. The van der Waals surface area contributed by atoms with Gasteiger partial charge < -0.3 is 10.6 Å². The van der Waals surface area contributed by atoms with Gasteiger partial charge >= 0.3 is 0 Å². The van der Waals surface area contributed by atoms with E-state index in [1.807, 2.05) is 11.8 Å². The summed E-state index contributed by atoms with van der Waals surface area (Å²) < 4.78 is 0.342. The molecule has 1 aromatic heterocycles. The Balaban J connectivity index is 2.17. The molecule has 3 nitrogen and oxygen atoms in total. The zero-order chi connectivity index (χ0) is 12.5. The van der Waals surface area contributed by atoms with E-state index in [0.29, 0.717) is 15.5 Å². The Labute approximate surface area is 112 Å². The van der Waals surface area contributed by atoms with Gasteiger partial charge in [0.05, 0.1) is 16.9 Å². The van der Waals surface area contributed by atoms with Crippen molar-refractivity contribution in [1.82, 2.24) is 4.98 Å². The van der Waals surface area contributed by atoms with Crippen molar-refractivity contribution in [2.45, 2.75) is 25.0 Å². The Morgan fingerprint density at radius 1 is 1.47 bits per heavy atom. The maximum atomic E-state index is 6.20. The number of hydrogen-bond donors (Lipinski definition) is 1. The van der Waals surface area contributed by atoms with Crippen molar-refractivity contribution < 1.29 is 0 Å². The van der Waals surface area contributed by atoms with Gasteiger partial charge in [-0.05, 0) is 12.5 Å². The summed E-state index contributed by atoms with van der Waals surface area (Å²) in [5.41, 5.74) is 6.28. The van der Waals surface area contributed by atoms with Gasteiger partial charge in [0.15, 0.2) is 0 Å². The molecule has 17 heavy (non-hydrogen) atoms. The number of anilines is 2. The van der Waals surface area contributed by atoms with E-state index in [0.717, 1.165) is 31.1 Å². The van der Waals surface area contributed by atoms with Crippen LogP contribution < -0.4 is 10.6 Å². The van der Waals surface area contributed by atoms with Crippen molar-refractivity contribution in [3.63, 3.8) is 0 Å². The highest BCUT2D eigenvalue weighted by atomic mass is 35.5. The molecular weight excluding hydrogens is 254 g/mol. The second-order valence-electron chi connectivity index (χ2n) is 4.92. The summed E-state index contributed by atoms with van der Waals surface area (Å²) in [5.74, 6) is 1.97. The van der Waals surface area contributed by atoms with Crippen LogP contribution in [0.25, 0.3) is 0 Å². The first-order valence-corrected chi connectivity index (χ1v) is 7.14. The molecule has 0 aromatic carbocycles. The number of rotatable bonds is 1. The summed E-state index contributed by atoms with van der Waals surface area (Å²) in [7, 11) is 0. The standard InChI is InChI=1S/C12H18ClN3S/c1-12(2)3-4-16(5-6-17-12)11-10(13)7-9(14)8-15-11/h7-8H,3-6,14H2,1-2H3. The third-order valence-corrected chi connectivity index (χ3v) is 4.63. The zero-order valence-corrected chi connectivity index (χ0v) is 11.8. The van der Waals surface area contributed by atoms with Gasteiger partial charge in [-0.2, -0.15) is 11.8 Å². The lowest BCUT2D eigenvalue weighted by Crippen LogP contribution is -2.28. The number of halogens is 1. The Hall–Kier alpha value is -0.610. The highest BCUT2D eigenvalue weighted by Crippen LogP contribution is 2.33. The minimum atomic E-state index is 0.342. The van der Waals surface area contributed by atoms with E-state index in [1.165, 1.54) is 0 Å². The highest BCUT2D eigenvalue weighted by Gasteiger charge is 2.25. The van der Waals surface area contributed by atoms with Crippen LogP contribution in [0.15, 0.2) is 12.3 Å². The summed E-state index contributed by atoms with van der Waals surface area (Å²) in [4.78, 5) is 6.60. The maximum Gasteiger partial charge on any atom is 0.147 e. The molecular formula is C12H18ClN3S. The monoisotopic (exact) mass is 271 g/mol. The van der Waals surface area contributed by atoms with Gasteiger partial charge in [-0.15, -0.1) is 0 Å². The third-order valence-electron chi connectivity index (χ3n) is 2.98. The van der Waals surface area contributed by atoms with Gasteiger partial charge in [-0.1, -0.05) is 25.4 Å². The molecule has 0 aliphatic carbocycles. The van der Waals surface area contributed by atoms with Gasteiger partial charge in [0.2, 0.25) is 0 Å². The summed E-state index contributed by atoms with van der Waals surface area (Å²) in [6.07, 6.45) is 2.81. The van der Waals surface area contributed by atoms with Gasteiger partial charge in [-0.3, -0.25) is 0 Å². The Kier molecular flexibility index (Phi) is 3.73. The van der Waals surface area contributed by atoms with E-state index >= 15 is 0 Å². The van der Waals surface area contributed by atoms with Crippen LogP contribution in [0.1, 0.15) is 20.3 Å². The molecule has 1 aliphatic heterocycles. The van der Waals surface area contributed by atoms with Crippen LogP contribution in [0.4, 0.5) is 11.5 Å². The lowest BCUT2D eigenvalue weighted by molar-refractivity contribution is 0.635. The fraction of sp³-hybridized carbons (Fsp3) is 0.583. The summed E-state index contributed by atoms with van der Waals surface area (Å²) in [5, 5.41) is 0.648. The van der Waals surface area contributed by atoms with E-state index in [-0.39, 0.29) is 0 Å². The molecule has 1 aliphatic rings. The maximum absolute atomic E-state index is 6.20. The average Bonchev–Trinajstić information content (AvgIpc) is 2.40. The first-order valence-electron chi connectivity index (χ1n) is 5.78. The number of nitrogens with two attached hydrogens (primary N) is 1. The van der Waals surface area contributed by atoms with E-state index in [4.69, 9.17) is 17.3 Å². The number of nitrogens with zero attached hydrogens (tertiary/aromatic N) is 2. The van der Waals surface area contributed by atoms with Crippen molar-refractivity contribution >= 4 is 34.9 Å².